The third-order valence-corrected chi connectivity index (χ3v) is 10.1. The molecule has 1 saturated heterocycles. The summed E-state index contributed by atoms with van der Waals surface area (Å²) in [5.74, 6) is -1.13. The first-order valence-electron chi connectivity index (χ1n) is 13.7. The van der Waals surface area contributed by atoms with Crippen LogP contribution >= 0.6 is 0 Å². The second-order valence-corrected chi connectivity index (χ2v) is 12.8. The van der Waals surface area contributed by atoms with Gasteiger partial charge in [-0.15, -0.1) is 0 Å². The lowest BCUT2D eigenvalue weighted by Gasteiger charge is -2.34. The SMILES string of the molecule is C[C@H]1COCCN1c1cc(C2(S(=O)(=O)c3ccc(F)c(F)c3)CC2)nc(-c2ccc(NC(=O)Oc3ccccc3)cc2)n1. The zero-order valence-electron chi connectivity index (χ0n) is 23.2. The molecule has 0 bridgehead atoms. The van der Waals surface area contributed by atoms with Crippen LogP contribution in [0, 0.1) is 11.6 Å². The molecule has 0 radical (unpaired) electrons. The second-order valence-electron chi connectivity index (χ2n) is 10.5. The van der Waals surface area contributed by atoms with Crippen LogP contribution in [0.3, 0.4) is 0 Å². The largest absolute Gasteiger partial charge is 0.417 e. The third-order valence-electron chi connectivity index (χ3n) is 7.60. The maximum atomic E-state index is 14.1. The second kappa shape index (κ2) is 11.3. The van der Waals surface area contributed by atoms with Gasteiger partial charge in [-0.1, -0.05) is 18.2 Å². The third kappa shape index (κ3) is 5.67. The molecule has 2 aliphatic rings. The number of carbonyl (C=O) groups excluding carboxylic acids is 1. The summed E-state index contributed by atoms with van der Waals surface area (Å²) in [5.41, 5.74) is 1.35. The molecule has 1 amide bonds. The molecule has 12 heteroatoms. The number of sulfone groups is 1. The van der Waals surface area contributed by atoms with Crippen LogP contribution in [-0.2, 0) is 19.3 Å². The number of benzene rings is 3. The van der Waals surface area contributed by atoms with E-state index in [4.69, 9.17) is 19.4 Å². The molecule has 0 unspecified atom stereocenters. The van der Waals surface area contributed by atoms with Crippen LogP contribution in [-0.4, -0.2) is 50.3 Å². The molecule has 222 valence electrons. The molecule has 1 aliphatic carbocycles. The number of ether oxygens (including phenoxy) is 2. The topological polar surface area (TPSA) is 111 Å². The van der Waals surface area contributed by atoms with Crippen LogP contribution in [0.5, 0.6) is 5.75 Å². The highest BCUT2D eigenvalue weighted by atomic mass is 32.2. The Hall–Kier alpha value is -4.42. The fourth-order valence-electron chi connectivity index (χ4n) is 5.10. The Balaban J connectivity index is 1.34. The predicted molar refractivity (Wildman–Crippen MR) is 156 cm³/mol. The summed E-state index contributed by atoms with van der Waals surface area (Å²) in [6.07, 6.45) is -0.108. The fraction of sp³-hybridized carbons (Fsp3) is 0.258. The molecule has 4 aromatic rings. The molecule has 1 aliphatic heterocycles. The first kappa shape index (κ1) is 28.7. The van der Waals surface area contributed by atoms with Gasteiger partial charge in [-0.3, -0.25) is 5.32 Å². The van der Waals surface area contributed by atoms with Gasteiger partial charge < -0.3 is 14.4 Å². The van der Waals surface area contributed by atoms with Gasteiger partial charge in [-0.2, -0.15) is 0 Å². The van der Waals surface area contributed by atoms with Gasteiger partial charge >= 0.3 is 6.09 Å². The van der Waals surface area contributed by atoms with Crippen molar-refractivity contribution in [1.29, 1.82) is 0 Å². The molecule has 1 N–H and O–H groups in total. The van der Waals surface area contributed by atoms with E-state index in [1.165, 1.54) is 0 Å². The van der Waals surface area contributed by atoms with E-state index in [2.05, 4.69) is 5.32 Å². The number of carbonyl (C=O) groups is 1. The normalized spacial score (nSPS) is 17.7. The molecule has 0 spiro atoms. The van der Waals surface area contributed by atoms with Crippen molar-refractivity contribution < 1.29 is 31.5 Å². The average molecular weight is 607 g/mol. The number of amides is 1. The van der Waals surface area contributed by atoms with Crippen molar-refractivity contribution in [3.8, 4) is 17.1 Å². The summed E-state index contributed by atoms with van der Waals surface area (Å²) in [5, 5.41) is 2.67. The zero-order chi connectivity index (χ0) is 30.2. The van der Waals surface area contributed by atoms with Crippen LogP contribution in [0.25, 0.3) is 11.4 Å². The van der Waals surface area contributed by atoms with E-state index in [-0.39, 0.29) is 35.3 Å². The van der Waals surface area contributed by atoms with Crippen molar-refractivity contribution >= 4 is 27.4 Å². The number of anilines is 2. The summed E-state index contributed by atoms with van der Waals surface area (Å²) in [4.78, 5) is 23.6. The van der Waals surface area contributed by atoms with Crippen LogP contribution in [0.1, 0.15) is 25.5 Å². The minimum atomic E-state index is -4.13. The number of nitrogens with zero attached hydrogens (tertiary/aromatic N) is 3. The molecule has 1 saturated carbocycles. The van der Waals surface area contributed by atoms with Gasteiger partial charge in [0.25, 0.3) is 0 Å². The number of hydrogen-bond donors (Lipinski definition) is 1. The Labute approximate surface area is 247 Å². The molecular formula is C31H28F2N4O5S. The summed E-state index contributed by atoms with van der Waals surface area (Å²) in [7, 11) is -4.13. The van der Waals surface area contributed by atoms with E-state index in [1.54, 1.807) is 54.6 Å². The number of aromatic nitrogens is 2. The van der Waals surface area contributed by atoms with E-state index < -0.39 is 32.3 Å². The molecule has 2 fully saturated rings. The first-order chi connectivity index (χ1) is 20.7. The number of rotatable bonds is 7. The lowest BCUT2D eigenvalue weighted by molar-refractivity contribution is 0.0985. The molecule has 1 atom stereocenters. The quantitative estimate of drug-likeness (QED) is 0.266. The lowest BCUT2D eigenvalue weighted by Crippen LogP contribution is -2.44. The van der Waals surface area contributed by atoms with Crippen molar-refractivity contribution in [3.05, 3.63) is 96.2 Å². The summed E-state index contributed by atoms with van der Waals surface area (Å²) in [6, 6.07) is 19.7. The van der Waals surface area contributed by atoms with Crippen molar-refractivity contribution in [2.45, 2.75) is 35.4 Å². The Morgan fingerprint density at radius 1 is 1.00 bits per heavy atom. The standard InChI is InChI=1S/C31H28F2N4O5S/c1-20-19-41-16-15-37(20)28-18-27(31(13-14-31)43(39,40)24-11-12-25(32)26(33)17-24)35-29(36-28)21-7-9-22(10-8-21)34-30(38)42-23-5-3-2-4-6-23/h2-12,17-18,20H,13-16,19H2,1H3,(H,34,38)/t20-/m0/s1. The Kier molecular flexibility index (Phi) is 7.57. The molecule has 2 heterocycles. The van der Waals surface area contributed by atoms with Crippen molar-refractivity contribution in [2.75, 3.05) is 30.0 Å². The van der Waals surface area contributed by atoms with Gasteiger partial charge in [0.2, 0.25) is 0 Å². The number of nitrogens with one attached hydrogen (secondary N) is 1. The first-order valence-corrected chi connectivity index (χ1v) is 15.2. The monoisotopic (exact) mass is 606 g/mol. The van der Waals surface area contributed by atoms with Crippen LogP contribution < -0.4 is 15.0 Å². The highest BCUT2D eigenvalue weighted by Crippen LogP contribution is 2.55. The number of halogens is 2. The molecule has 9 nitrogen and oxygen atoms in total. The van der Waals surface area contributed by atoms with E-state index in [0.717, 1.165) is 12.1 Å². The lowest BCUT2D eigenvalue weighted by atomic mass is 10.1. The minimum Gasteiger partial charge on any atom is -0.410 e. The van der Waals surface area contributed by atoms with E-state index in [9.17, 15) is 22.0 Å². The van der Waals surface area contributed by atoms with Crippen LogP contribution in [0.2, 0.25) is 0 Å². The van der Waals surface area contributed by atoms with Crippen LogP contribution in [0.15, 0.2) is 83.8 Å². The van der Waals surface area contributed by atoms with Gasteiger partial charge in [-0.25, -0.2) is 32.0 Å². The summed E-state index contributed by atoms with van der Waals surface area (Å²) >= 11 is 0. The zero-order valence-corrected chi connectivity index (χ0v) is 24.0. The van der Waals surface area contributed by atoms with Crippen molar-refractivity contribution in [2.24, 2.45) is 0 Å². The maximum absolute atomic E-state index is 14.1. The smallest absolute Gasteiger partial charge is 0.410 e. The van der Waals surface area contributed by atoms with E-state index >= 15 is 0 Å². The minimum absolute atomic E-state index is 0.0236. The molecule has 3 aromatic carbocycles. The van der Waals surface area contributed by atoms with Gasteiger partial charge in [0.1, 0.15) is 16.3 Å². The van der Waals surface area contributed by atoms with Crippen molar-refractivity contribution in [3.63, 3.8) is 0 Å². The average Bonchev–Trinajstić information content (AvgIpc) is 3.82. The molecule has 1 aromatic heterocycles. The molecule has 6 rings (SSSR count). The molecular weight excluding hydrogens is 578 g/mol. The van der Waals surface area contributed by atoms with E-state index in [0.29, 0.717) is 48.6 Å². The number of para-hydroxylation sites is 1. The van der Waals surface area contributed by atoms with Gasteiger partial charge in [-0.05, 0) is 74.4 Å². The highest BCUT2D eigenvalue weighted by Gasteiger charge is 2.58. The van der Waals surface area contributed by atoms with Gasteiger partial charge in [0.15, 0.2) is 27.3 Å². The van der Waals surface area contributed by atoms with Gasteiger partial charge in [0, 0.05) is 23.9 Å². The predicted octanol–water partition coefficient (Wildman–Crippen LogP) is 5.72. The van der Waals surface area contributed by atoms with E-state index in [1.807, 2.05) is 17.9 Å². The van der Waals surface area contributed by atoms with Crippen molar-refractivity contribution in [1.82, 2.24) is 9.97 Å². The molecule has 43 heavy (non-hydrogen) atoms. The number of hydrogen-bond acceptors (Lipinski definition) is 8. The number of morpholine rings is 1. The Morgan fingerprint density at radius 3 is 2.42 bits per heavy atom. The fourth-order valence-corrected chi connectivity index (χ4v) is 7.08. The van der Waals surface area contributed by atoms with Gasteiger partial charge in [0.05, 0.1) is 29.8 Å². The van der Waals surface area contributed by atoms with Crippen LogP contribution in [0.4, 0.5) is 25.1 Å². The summed E-state index contributed by atoms with van der Waals surface area (Å²) < 4.78 is 64.8. The highest BCUT2D eigenvalue weighted by molar-refractivity contribution is 7.92. The maximum Gasteiger partial charge on any atom is 0.417 e. The Morgan fingerprint density at radius 2 is 1.74 bits per heavy atom. The Bertz CT molecular complexity index is 1770. The summed E-state index contributed by atoms with van der Waals surface area (Å²) in [6.45, 7) is 3.50.